The minimum atomic E-state index is 0.721. The van der Waals surface area contributed by atoms with E-state index in [-0.39, 0.29) is 0 Å². The molecule has 14 heavy (non-hydrogen) atoms. The van der Waals surface area contributed by atoms with Gasteiger partial charge in [-0.1, -0.05) is 0 Å². The number of rotatable bonds is 1. The van der Waals surface area contributed by atoms with Crippen molar-refractivity contribution < 1.29 is 0 Å². The maximum Gasteiger partial charge on any atom is 0.0756 e. The molecule has 0 amide bonds. The smallest absolute Gasteiger partial charge is 0.0756 e. The first-order chi connectivity index (χ1) is 6.68. The van der Waals surface area contributed by atoms with Gasteiger partial charge < -0.3 is 5.73 Å². The molecule has 2 N–H and O–H groups in total. The van der Waals surface area contributed by atoms with Crippen molar-refractivity contribution in [3.05, 3.63) is 30.2 Å². The molecule has 0 bridgehead atoms. The summed E-state index contributed by atoms with van der Waals surface area (Å²) in [6.07, 6.45) is 3.51. The zero-order chi connectivity index (χ0) is 10.1. The van der Waals surface area contributed by atoms with Gasteiger partial charge in [0.1, 0.15) is 0 Å². The maximum atomic E-state index is 5.69. The van der Waals surface area contributed by atoms with Crippen LogP contribution in [-0.2, 0) is 7.05 Å². The molecule has 0 aliphatic heterocycles. The average Bonchev–Trinajstić information content (AvgIpc) is 2.48. The molecule has 2 heterocycles. The number of hydrogen-bond acceptors (Lipinski definition) is 3. The van der Waals surface area contributed by atoms with Crippen LogP contribution in [0.1, 0.15) is 5.69 Å². The van der Waals surface area contributed by atoms with Gasteiger partial charge in [-0.25, -0.2) is 0 Å². The van der Waals surface area contributed by atoms with Crippen molar-refractivity contribution in [1.82, 2.24) is 14.8 Å². The minimum absolute atomic E-state index is 0.721. The van der Waals surface area contributed by atoms with Gasteiger partial charge in [-0.15, -0.1) is 0 Å². The lowest BCUT2D eigenvalue weighted by Crippen LogP contribution is -1.93. The van der Waals surface area contributed by atoms with Crippen LogP contribution >= 0.6 is 0 Å². The van der Waals surface area contributed by atoms with E-state index in [9.17, 15) is 0 Å². The van der Waals surface area contributed by atoms with Crippen LogP contribution < -0.4 is 5.73 Å². The molecule has 0 aliphatic carbocycles. The van der Waals surface area contributed by atoms with E-state index in [4.69, 9.17) is 5.73 Å². The Labute approximate surface area is 82.4 Å². The molecular formula is C10H12N4. The van der Waals surface area contributed by atoms with Gasteiger partial charge >= 0.3 is 0 Å². The monoisotopic (exact) mass is 188 g/mol. The van der Waals surface area contributed by atoms with Gasteiger partial charge in [0.05, 0.1) is 11.9 Å². The molecule has 0 radical (unpaired) electrons. The summed E-state index contributed by atoms with van der Waals surface area (Å²) in [5.74, 6) is 0. The lowest BCUT2D eigenvalue weighted by Gasteiger charge is -2.00. The van der Waals surface area contributed by atoms with E-state index in [0.717, 1.165) is 22.6 Å². The van der Waals surface area contributed by atoms with Crippen LogP contribution in [0.2, 0.25) is 0 Å². The van der Waals surface area contributed by atoms with Crippen LogP contribution in [0.25, 0.3) is 11.3 Å². The number of nitrogens with zero attached hydrogens (tertiary/aromatic N) is 3. The molecule has 0 aromatic carbocycles. The molecule has 2 aromatic heterocycles. The van der Waals surface area contributed by atoms with Crippen LogP contribution in [0, 0.1) is 6.92 Å². The molecule has 2 aromatic rings. The second-order valence-electron chi connectivity index (χ2n) is 3.24. The standard InChI is InChI=1S/C10H12N4/c1-7-9(6-13-14(7)2)10-5-8(11)3-4-12-10/h3-6H,1-2H3,(H2,11,12). The fourth-order valence-electron chi connectivity index (χ4n) is 1.34. The summed E-state index contributed by atoms with van der Waals surface area (Å²) in [5.41, 5.74) is 9.39. The molecular weight excluding hydrogens is 176 g/mol. The predicted molar refractivity (Wildman–Crippen MR) is 55.6 cm³/mol. The summed E-state index contributed by atoms with van der Waals surface area (Å²) in [6, 6.07) is 3.62. The van der Waals surface area contributed by atoms with Crippen molar-refractivity contribution in [3.8, 4) is 11.3 Å². The van der Waals surface area contributed by atoms with Crippen LogP contribution in [0.4, 0.5) is 5.69 Å². The van der Waals surface area contributed by atoms with E-state index in [0.29, 0.717) is 0 Å². The van der Waals surface area contributed by atoms with Crippen LogP contribution in [0.3, 0.4) is 0 Å². The SMILES string of the molecule is Cc1c(-c2cc(N)ccn2)cnn1C. The fraction of sp³-hybridized carbons (Fsp3) is 0.200. The molecule has 0 atom stereocenters. The Hall–Kier alpha value is -1.84. The van der Waals surface area contributed by atoms with Gasteiger partial charge in [0, 0.05) is 30.2 Å². The first kappa shape index (κ1) is 8.74. The van der Waals surface area contributed by atoms with Crippen molar-refractivity contribution in [2.45, 2.75) is 6.92 Å². The second kappa shape index (κ2) is 3.14. The van der Waals surface area contributed by atoms with Gasteiger partial charge in [-0.05, 0) is 19.1 Å². The Morgan fingerprint density at radius 3 is 2.79 bits per heavy atom. The molecule has 0 unspecified atom stereocenters. The topological polar surface area (TPSA) is 56.7 Å². The van der Waals surface area contributed by atoms with Gasteiger partial charge in [0.25, 0.3) is 0 Å². The molecule has 2 rings (SSSR count). The molecule has 0 aliphatic rings. The third-order valence-corrected chi connectivity index (χ3v) is 2.30. The summed E-state index contributed by atoms with van der Waals surface area (Å²) in [6.45, 7) is 2.01. The van der Waals surface area contributed by atoms with Crippen molar-refractivity contribution in [3.63, 3.8) is 0 Å². The summed E-state index contributed by atoms with van der Waals surface area (Å²) in [7, 11) is 1.91. The van der Waals surface area contributed by atoms with E-state index >= 15 is 0 Å². The molecule has 0 fully saturated rings. The quantitative estimate of drug-likeness (QED) is 0.735. The van der Waals surface area contributed by atoms with E-state index in [1.54, 1.807) is 18.5 Å². The first-order valence-electron chi connectivity index (χ1n) is 4.39. The summed E-state index contributed by atoms with van der Waals surface area (Å²) < 4.78 is 1.82. The first-order valence-corrected chi connectivity index (χ1v) is 4.39. The Balaban J connectivity index is 2.55. The minimum Gasteiger partial charge on any atom is -0.399 e. The lowest BCUT2D eigenvalue weighted by atomic mass is 10.1. The highest BCUT2D eigenvalue weighted by atomic mass is 15.3. The van der Waals surface area contributed by atoms with Crippen molar-refractivity contribution in [2.75, 3.05) is 5.73 Å². The predicted octanol–water partition coefficient (Wildman–Crippen LogP) is 1.37. The maximum absolute atomic E-state index is 5.69. The average molecular weight is 188 g/mol. The van der Waals surface area contributed by atoms with Crippen molar-refractivity contribution >= 4 is 5.69 Å². The highest BCUT2D eigenvalue weighted by Gasteiger charge is 2.07. The number of aromatic nitrogens is 3. The Morgan fingerprint density at radius 1 is 1.43 bits per heavy atom. The third kappa shape index (κ3) is 1.35. The number of aryl methyl sites for hydroxylation is 1. The number of pyridine rings is 1. The van der Waals surface area contributed by atoms with E-state index in [1.165, 1.54) is 0 Å². The van der Waals surface area contributed by atoms with Gasteiger partial charge in [-0.3, -0.25) is 9.67 Å². The van der Waals surface area contributed by atoms with Gasteiger partial charge in [0.15, 0.2) is 0 Å². The Bertz CT molecular complexity index is 459. The summed E-state index contributed by atoms with van der Waals surface area (Å²) >= 11 is 0. The summed E-state index contributed by atoms with van der Waals surface area (Å²) in [5, 5.41) is 4.16. The van der Waals surface area contributed by atoms with E-state index in [1.807, 2.05) is 24.7 Å². The van der Waals surface area contributed by atoms with Crippen LogP contribution in [0.15, 0.2) is 24.5 Å². The van der Waals surface area contributed by atoms with Gasteiger partial charge in [-0.2, -0.15) is 5.10 Å². The zero-order valence-corrected chi connectivity index (χ0v) is 8.23. The highest BCUT2D eigenvalue weighted by Crippen LogP contribution is 2.21. The second-order valence-corrected chi connectivity index (χ2v) is 3.24. The number of hydrogen-bond donors (Lipinski definition) is 1. The lowest BCUT2D eigenvalue weighted by molar-refractivity contribution is 0.740. The van der Waals surface area contributed by atoms with Crippen molar-refractivity contribution in [2.24, 2.45) is 7.05 Å². The van der Waals surface area contributed by atoms with E-state index in [2.05, 4.69) is 10.1 Å². The molecule has 4 nitrogen and oxygen atoms in total. The molecule has 72 valence electrons. The Kier molecular flexibility index (Phi) is 1.96. The molecule has 0 saturated carbocycles. The number of nitrogen functional groups attached to an aromatic ring is 1. The van der Waals surface area contributed by atoms with Gasteiger partial charge in [0.2, 0.25) is 0 Å². The highest BCUT2D eigenvalue weighted by molar-refractivity contribution is 5.64. The van der Waals surface area contributed by atoms with Crippen LogP contribution in [-0.4, -0.2) is 14.8 Å². The summed E-state index contributed by atoms with van der Waals surface area (Å²) in [4.78, 5) is 4.25. The van der Waals surface area contributed by atoms with E-state index < -0.39 is 0 Å². The number of anilines is 1. The Morgan fingerprint density at radius 2 is 2.21 bits per heavy atom. The molecule has 0 spiro atoms. The normalized spacial score (nSPS) is 10.4. The largest absolute Gasteiger partial charge is 0.399 e. The van der Waals surface area contributed by atoms with Crippen molar-refractivity contribution in [1.29, 1.82) is 0 Å². The third-order valence-electron chi connectivity index (χ3n) is 2.30. The molecule has 0 saturated heterocycles. The van der Waals surface area contributed by atoms with Crippen LogP contribution in [0.5, 0.6) is 0 Å². The number of nitrogens with two attached hydrogens (primary N) is 1. The fourth-order valence-corrected chi connectivity index (χ4v) is 1.34. The zero-order valence-electron chi connectivity index (χ0n) is 8.23. The molecule has 4 heteroatoms.